The van der Waals surface area contributed by atoms with E-state index in [2.05, 4.69) is 54.8 Å². The lowest BCUT2D eigenvalue weighted by Crippen LogP contribution is -2.25. The van der Waals surface area contributed by atoms with Crippen LogP contribution in [-0.4, -0.2) is 41.0 Å². The number of anilines is 2. The maximum atomic E-state index is 5.79. The first-order chi connectivity index (χ1) is 10.4. The van der Waals surface area contributed by atoms with Gasteiger partial charge in [-0.1, -0.05) is 28.1 Å². The molecule has 0 saturated carbocycles. The number of aromatic nitrogens is 3. The zero-order chi connectivity index (χ0) is 16.3. The summed E-state index contributed by atoms with van der Waals surface area (Å²) < 4.78 is 1.08. The van der Waals surface area contributed by atoms with E-state index in [0.717, 1.165) is 11.0 Å². The molecule has 0 aliphatic heterocycles. The van der Waals surface area contributed by atoms with Gasteiger partial charge in [0.25, 0.3) is 0 Å². The van der Waals surface area contributed by atoms with Crippen LogP contribution in [0.15, 0.2) is 28.7 Å². The van der Waals surface area contributed by atoms with Crippen LogP contribution in [0.5, 0.6) is 0 Å². The van der Waals surface area contributed by atoms with Crippen molar-refractivity contribution in [3.05, 3.63) is 40.1 Å². The van der Waals surface area contributed by atoms with Crippen molar-refractivity contribution in [2.24, 2.45) is 0 Å². The molecule has 1 aromatic carbocycles. The molecular formula is C15H21BrN6. The van der Waals surface area contributed by atoms with E-state index in [9.17, 15) is 0 Å². The summed E-state index contributed by atoms with van der Waals surface area (Å²) in [5, 5.41) is 0. The van der Waals surface area contributed by atoms with E-state index in [1.165, 1.54) is 5.56 Å². The standard InChI is InChI=1S/C15H21BrN6/c1-10(13-18-14(17)20-15(19-13)21(2)3)22(4)9-11-5-7-12(16)8-6-11/h5-8,10H,9H2,1-4H3,(H2,17,18,19,20). The topological polar surface area (TPSA) is 71.2 Å². The van der Waals surface area contributed by atoms with Crippen molar-refractivity contribution in [2.45, 2.75) is 19.5 Å². The molecule has 1 heterocycles. The van der Waals surface area contributed by atoms with E-state index < -0.39 is 0 Å². The highest BCUT2D eigenvalue weighted by molar-refractivity contribution is 9.10. The third-order valence-electron chi connectivity index (χ3n) is 3.44. The minimum atomic E-state index is 0.0349. The number of rotatable bonds is 5. The van der Waals surface area contributed by atoms with E-state index in [-0.39, 0.29) is 12.0 Å². The molecule has 0 spiro atoms. The first-order valence-electron chi connectivity index (χ1n) is 7.00. The van der Waals surface area contributed by atoms with Crippen LogP contribution in [0.2, 0.25) is 0 Å². The Kier molecular flexibility index (Phi) is 5.31. The van der Waals surface area contributed by atoms with Crippen molar-refractivity contribution in [3.63, 3.8) is 0 Å². The fourth-order valence-corrected chi connectivity index (χ4v) is 2.26. The van der Waals surface area contributed by atoms with E-state index in [0.29, 0.717) is 11.8 Å². The molecule has 2 N–H and O–H groups in total. The van der Waals surface area contributed by atoms with Gasteiger partial charge < -0.3 is 10.6 Å². The van der Waals surface area contributed by atoms with Gasteiger partial charge in [0.2, 0.25) is 11.9 Å². The Labute approximate surface area is 139 Å². The second-order valence-electron chi connectivity index (χ2n) is 5.46. The summed E-state index contributed by atoms with van der Waals surface area (Å²) in [4.78, 5) is 16.9. The minimum absolute atomic E-state index is 0.0349. The molecule has 1 unspecified atom stereocenters. The van der Waals surface area contributed by atoms with Crippen LogP contribution in [0.1, 0.15) is 24.4 Å². The van der Waals surface area contributed by atoms with Gasteiger partial charge in [-0.2, -0.15) is 15.0 Å². The molecule has 0 fully saturated rings. The first kappa shape index (κ1) is 16.6. The predicted octanol–water partition coefficient (Wildman–Crippen LogP) is 2.48. The van der Waals surface area contributed by atoms with Gasteiger partial charge in [0.15, 0.2) is 5.82 Å². The van der Waals surface area contributed by atoms with Gasteiger partial charge in [-0.05, 0) is 31.7 Å². The number of nitrogen functional groups attached to an aromatic ring is 1. The lowest BCUT2D eigenvalue weighted by atomic mass is 10.2. The van der Waals surface area contributed by atoms with Crippen molar-refractivity contribution in [1.82, 2.24) is 19.9 Å². The summed E-state index contributed by atoms with van der Waals surface area (Å²) in [5.74, 6) is 1.50. The number of benzene rings is 1. The fourth-order valence-electron chi connectivity index (χ4n) is 2.00. The molecule has 2 aromatic rings. The summed E-state index contributed by atoms with van der Waals surface area (Å²) in [7, 11) is 5.81. The highest BCUT2D eigenvalue weighted by Crippen LogP contribution is 2.20. The molecular weight excluding hydrogens is 344 g/mol. The Hall–Kier alpha value is -1.73. The van der Waals surface area contributed by atoms with Gasteiger partial charge in [-0.25, -0.2) is 0 Å². The van der Waals surface area contributed by atoms with Gasteiger partial charge in [-0.3, -0.25) is 4.90 Å². The molecule has 1 aromatic heterocycles. The van der Waals surface area contributed by atoms with Crippen LogP contribution in [0.4, 0.5) is 11.9 Å². The van der Waals surface area contributed by atoms with Crippen LogP contribution in [0, 0.1) is 0 Å². The Balaban J connectivity index is 2.16. The molecule has 118 valence electrons. The molecule has 1 atom stereocenters. The third-order valence-corrected chi connectivity index (χ3v) is 3.97. The summed E-state index contributed by atoms with van der Waals surface area (Å²) in [5.41, 5.74) is 7.02. The quantitative estimate of drug-likeness (QED) is 0.878. The molecule has 2 rings (SSSR count). The smallest absolute Gasteiger partial charge is 0.229 e. The zero-order valence-electron chi connectivity index (χ0n) is 13.3. The van der Waals surface area contributed by atoms with Crippen molar-refractivity contribution in [1.29, 1.82) is 0 Å². The predicted molar refractivity (Wildman–Crippen MR) is 92.6 cm³/mol. The number of hydrogen-bond acceptors (Lipinski definition) is 6. The second-order valence-corrected chi connectivity index (χ2v) is 6.38. The molecule has 0 radical (unpaired) electrons. The lowest BCUT2D eigenvalue weighted by Gasteiger charge is -2.24. The molecule has 6 nitrogen and oxygen atoms in total. The van der Waals surface area contributed by atoms with Gasteiger partial charge in [-0.15, -0.1) is 0 Å². The molecule has 7 heteroatoms. The molecule has 0 bridgehead atoms. The Bertz CT molecular complexity index is 628. The Morgan fingerprint density at radius 1 is 1.09 bits per heavy atom. The largest absolute Gasteiger partial charge is 0.368 e. The lowest BCUT2D eigenvalue weighted by molar-refractivity contribution is 0.243. The number of halogens is 1. The maximum Gasteiger partial charge on any atom is 0.229 e. The van der Waals surface area contributed by atoms with Crippen molar-refractivity contribution in [3.8, 4) is 0 Å². The van der Waals surface area contributed by atoms with Gasteiger partial charge in [0.1, 0.15) is 0 Å². The van der Waals surface area contributed by atoms with Crippen LogP contribution in [0.3, 0.4) is 0 Å². The average molecular weight is 365 g/mol. The summed E-state index contributed by atoms with van der Waals surface area (Å²) in [6.45, 7) is 2.87. The van der Waals surface area contributed by atoms with Crippen LogP contribution in [-0.2, 0) is 6.54 Å². The van der Waals surface area contributed by atoms with Crippen molar-refractivity contribution >= 4 is 27.8 Å². The Morgan fingerprint density at radius 2 is 1.73 bits per heavy atom. The molecule has 0 aliphatic rings. The average Bonchev–Trinajstić information content (AvgIpc) is 2.48. The Morgan fingerprint density at radius 3 is 2.32 bits per heavy atom. The van der Waals surface area contributed by atoms with Gasteiger partial charge in [0.05, 0.1) is 6.04 Å². The molecule has 22 heavy (non-hydrogen) atoms. The highest BCUT2D eigenvalue weighted by Gasteiger charge is 2.17. The van der Waals surface area contributed by atoms with E-state index >= 15 is 0 Å². The van der Waals surface area contributed by atoms with Crippen LogP contribution < -0.4 is 10.6 Å². The summed E-state index contributed by atoms with van der Waals surface area (Å²) in [6.07, 6.45) is 0. The SMILES string of the molecule is CC(c1nc(N)nc(N(C)C)n1)N(C)Cc1ccc(Br)cc1. The molecule has 0 saturated heterocycles. The van der Waals surface area contributed by atoms with E-state index in [1.807, 2.05) is 38.2 Å². The van der Waals surface area contributed by atoms with Crippen LogP contribution in [0.25, 0.3) is 0 Å². The van der Waals surface area contributed by atoms with Crippen LogP contribution >= 0.6 is 15.9 Å². The summed E-state index contributed by atoms with van der Waals surface area (Å²) >= 11 is 3.45. The van der Waals surface area contributed by atoms with Crippen molar-refractivity contribution in [2.75, 3.05) is 31.8 Å². The zero-order valence-corrected chi connectivity index (χ0v) is 14.9. The highest BCUT2D eigenvalue weighted by atomic mass is 79.9. The molecule has 0 amide bonds. The number of hydrogen-bond donors (Lipinski definition) is 1. The van der Waals surface area contributed by atoms with Gasteiger partial charge >= 0.3 is 0 Å². The third kappa shape index (κ3) is 4.14. The van der Waals surface area contributed by atoms with E-state index in [4.69, 9.17) is 5.73 Å². The van der Waals surface area contributed by atoms with Gasteiger partial charge in [0, 0.05) is 25.1 Å². The van der Waals surface area contributed by atoms with E-state index in [1.54, 1.807) is 0 Å². The monoisotopic (exact) mass is 364 g/mol. The fraction of sp³-hybridized carbons (Fsp3) is 0.400. The first-order valence-corrected chi connectivity index (χ1v) is 7.79. The molecule has 0 aliphatic carbocycles. The number of nitrogens with two attached hydrogens (primary N) is 1. The summed E-state index contributed by atoms with van der Waals surface area (Å²) in [6, 6.07) is 8.31. The minimum Gasteiger partial charge on any atom is -0.368 e. The number of nitrogens with zero attached hydrogens (tertiary/aromatic N) is 5. The normalized spacial score (nSPS) is 12.5. The van der Waals surface area contributed by atoms with Crippen molar-refractivity contribution < 1.29 is 0 Å². The maximum absolute atomic E-state index is 5.79. The second kappa shape index (κ2) is 7.02.